The Bertz CT molecular complexity index is 1040. The number of aryl methyl sites for hydroxylation is 1. The van der Waals surface area contributed by atoms with Crippen LogP contribution >= 0.6 is 11.6 Å². The zero-order chi connectivity index (χ0) is 23.2. The summed E-state index contributed by atoms with van der Waals surface area (Å²) < 4.78 is 25.9. The van der Waals surface area contributed by atoms with Crippen LogP contribution in [0.4, 0.5) is 5.69 Å². The van der Waals surface area contributed by atoms with Crippen LogP contribution in [-0.2, 0) is 26.2 Å². The maximum Gasteiger partial charge on any atom is 0.244 e. The highest BCUT2D eigenvalue weighted by Crippen LogP contribution is 2.27. The molecule has 0 aliphatic rings. The predicted molar refractivity (Wildman–Crippen MR) is 124 cm³/mol. The average molecular weight is 466 g/mol. The van der Waals surface area contributed by atoms with E-state index < -0.39 is 28.5 Å². The maximum atomic E-state index is 13.3. The Balaban J connectivity index is 2.40. The number of likely N-dealkylation sites (N-methyl/N-ethyl adjacent to an activating group) is 1. The van der Waals surface area contributed by atoms with E-state index in [0.717, 1.165) is 21.7 Å². The summed E-state index contributed by atoms with van der Waals surface area (Å²) in [6.45, 7) is 5.46. The lowest BCUT2D eigenvalue weighted by Crippen LogP contribution is -2.51. The Morgan fingerprint density at radius 1 is 1.13 bits per heavy atom. The van der Waals surface area contributed by atoms with Gasteiger partial charge in [-0.3, -0.25) is 13.9 Å². The highest BCUT2D eigenvalue weighted by atomic mass is 35.5. The molecule has 0 bridgehead atoms. The van der Waals surface area contributed by atoms with E-state index in [1.54, 1.807) is 32.0 Å². The lowest BCUT2D eigenvalue weighted by molar-refractivity contribution is -0.139. The largest absolute Gasteiger partial charge is 0.355 e. The number of nitrogens with one attached hydrogen (secondary N) is 1. The van der Waals surface area contributed by atoms with Crippen molar-refractivity contribution in [2.24, 2.45) is 0 Å². The number of benzene rings is 2. The number of amides is 2. The first-order valence-electron chi connectivity index (χ1n) is 9.89. The van der Waals surface area contributed by atoms with E-state index in [4.69, 9.17) is 11.6 Å². The molecule has 0 unspecified atom stereocenters. The summed E-state index contributed by atoms with van der Waals surface area (Å²) in [7, 11) is -3.80. The van der Waals surface area contributed by atoms with Gasteiger partial charge < -0.3 is 10.2 Å². The molecule has 2 aromatic rings. The van der Waals surface area contributed by atoms with E-state index >= 15 is 0 Å². The molecular formula is C22H28ClN3O4S. The molecule has 0 heterocycles. The Morgan fingerprint density at radius 2 is 1.81 bits per heavy atom. The van der Waals surface area contributed by atoms with Crippen LogP contribution in [0.3, 0.4) is 0 Å². The molecule has 168 valence electrons. The highest BCUT2D eigenvalue weighted by molar-refractivity contribution is 7.92. The van der Waals surface area contributed by atoms with Crippen molar-refractivity contribution >= 4 is 39.1 Å². The van der Waals surface area contributed by atoms with Crippen molar-refractivity contribution in [3.63, 3.8) is 0 Å². The van der Waals surface area contributed by atoms with Gasteiger partial charge in [0.15, 0.2) is 0 Å². The molecule has 2 rings (SSSR count). The van der Waals surface area contributed by atoms with Gasteiger partial charge in [-0.1, -0.05) is 53.6 Å². The number of nitrogens with zero attached hydrogens (tertiary/aromatic N) is 2. The molecular weight excluding hydrogens is 438 g/mol. The van der Waals surface area contributed by atoms with Gasteiger partial charge >= 0.3 is 0 Å². The van der Waals surface area contributed by atoms with E-state index in [2.05, 4.69) is 5.32 Å². The highest BCUT2D eigenvalue weighted by Gasteiger charge is 2.30. The van der Waals surface area contributed by atoms with Crippen LogP contribution < -0.4 is 9.62 Å². The predicted octanol–water partition coefficient (Wildman–Crippen LogP) is 2.97. The van der Waals surface area contributed by atoms with E-state index in [9.17, 15) is 18.0 Å². The number of hydrogen-bond acceptors (Lipinski definition) is 4. The van der Waals surface area contributed by atoms with Crippen LogP contribution in [0, 0.1) is 6.92 Å². The summed E-state index contributed by atoms with van der Waals surface area (Å²) in [4.78, 5) is 27.2. The number of carbonyl (C=O) groups is 2. The monoisotopic (exact) mass is 465 g/mol. The number of carbonyl (C=O) groups excluding carboxylic acids is 2. The van der Waals surface area contributed by atoms with E-state index in [0.29, 0.717) is 6.54 Å². The Morgan fingerprint density at radius 3 is 2.39 bits per heavy atom. The summed E-state index contributed by atoms with van der Waals surface area (Å²) >= 11 is 6.19. The maximum absolute atomic E-state index is 13.3. The number of sulfonamides is 1. The normalized spacial score (nSPS) is 12.2. The van der Waals surface area contributed by atoms with Gasteiger partial charge in [-0.15, -0.1) is 0 Å². The van der Waals surface area contributed by atoms with Crippen molar-refractivity contribution in [2.75, 3.05) is 23.7 Å². The molecule has 31 heavy (non-hydrogen) atoms. The molecule has 0 radical (unpaired) electrons. The van der Waals surface area contributed by atoms with E-state index in [1.807, 2.05) is 31.2 Å². The molecule has 0 spiro atoms. The molecule has 1 atom stereocenters. The van der Waals surface area contributed by atoms with Gasteiger partial charge in [0, 0.05) is 13.1 Å². The van der Waals surface area contributed by atoms with Crippen LogP contribution in [-0.4, -0.2) is 50.5 Å². The van der Waals surface area contributed by atoms with Crippen LogP contribution in [0.25, 0.3) is 0 Å². The summed E-state index contributed by atoms with van der Waals surface area (Å²) in [5, 5.41) is 2.93. The molecule has 2 amide bonds. The van der Waals surface area contributed by atoms with Crippen molar-refractivity contribution in [2.45, 2.75) is 33.4 Å². The zero-order valence-corrected chi connectivity index (χ0v) is 19.7. The fourth-order valence-corrected chi connectivity index (χ4v) is 4.31. The number of hydrogen-bond donors (Lipinski definition) is 1. The van der Waals surface area contributed by atoms with E-state index in [1.165, 1.54) is 11.0 Å². The number of rotatable bonds is 9. The molecule has 2 aromatic carbocycles. The Labute approximate surface area is 189 Å². The summed E-state index contributed by atoms with van der Waals surface area (Å²) in [5.41, 5.74) is 2.07. The standard InChI is InChI=1S/C22H28ClN3O4S/c1-5-24-22(28)17(3)25(14-18-10-8-9-16(2)13-18)21(27)15-26(31(4,29)30)20-12-7-6-11-19(20)23/h6-13,17H,5,14-15H2,1-4H3,(H,24,28)/t17-/m0/s1. The fraction of sp³-hybridized carbons (Fsp3) is 0.364. The Hall–Kier alpha value is -2.58. The van der Waals surface area contributed by atoms with E-state index in [-0.39, 0.29) is 23.2 Å². The molecule has 0 aromatic heterocycles. The molecule has 0 saturated carbocycles. The topological polar surface area (TPSA) is 86.8 Å². The third-order valence-corrected chi connectivity index (χ3v) is 6.20. The summed E-state index contributed by atoms with van der Waals surface area (Å²) in [5.74, 6) is -0.822. The third kappa shape index (κ3) is 6.70. The van der Waals surface area contributed by atoms with Crippen LogP contribution in [0.2, 0.25) is 5.02 Å². The fourth-order valence-electron chi connectivity index (χ4n) is 3.16. The minimum absolute atomic E-state index is 0.166. The van der Waals surface area contributed by atoms with Crippen LogP contribution in [0.5, 0.6) is 0 Å². The molecule has 9 heteroatoms. The lowest BCUT2D eigenvalue weighted by Gasteiger charge is -2.31. The molecule has 0 saturated heterocycles. The second-order valence-electron chi connectivity index (χ2n) is 7.30. The first-order chi connectivity index (χ1) is 14.5. The molecule has 0 fully saturated rings. The Kier molecular flexibility index (Phi) is 8.47. The second-order valence-corrected chi connectivity index (χ2v) is 9.62. The second kappa shape index (κ2) is 10.6. The average Bonchev–Trinajstić information content (AvgIpc) is 2.69. The first-order valence-corrected chi connectivity index (χ1v) is 12.1. The number of halogens is 1. The van der Waals surface area contributed by atoms with Gasteiger partial charge in [0.25, 0.3) is 0 Å². The van der Waals surface area contributed by atoms with Gasteiger partial charge in [-0.05, 0) is 38.5 Å². The van der Waals surface area contributed by atoms with Gasteiger partial charge in [0.05, 0.1) is 17.0 Å². The van der Waals surface area contributed by atoms with Crippen molar-refractivity contribution in [3.8, 4) is 0 Å². The molecule has 7 nitrogen and oxygen atoms in total. The van der Waals surface area contributed by atoms with Gasteiger partial charge in [-0.2, -0.15) is 0 Å². The van der Waals surface area contributed by atoms with Crippen molar-refractivity contribution < 1.29 is 18.0 Å². The zero-order valence-electron chi connectivity index (χ0n) is 18.1. The third-order valence-electron chi connectivity index (χ3n) is 4.75. The smallest absolute Gasteiger partial charge is 0.244 e. The van der Waals surface area contributed by atoms with Crippen LogP contribution in [0.15, 0.2) is 48.5 Å². The lowest BCUT2D eigenvalue weighted by atomic mass is 10.1. The van der Waals surface area contributed by atoms with Crippen molar-refractivity contribution in [3.05, 3.63) is 64.7 Å². The SMILES string of the molecule is CCNC(=O)[C@H](C)N(Cc1cccc(C)c1)C(=O)CN(c1ccccc1Cl)S(C)(=O)=O. The first kappa shape index (κ1) is 24.7. The summed E-state index contributed by atoms with van der Waals surface area (Å²) in [6, 6.07) is 13.2. The van der Waals surface area contributed by atoms with Crippen LogP contribution in [0.1, 0.15) is 25.0 Å². The number of anilines is 1. The van der Waals surface area contributed by atoms with Gasteiger partial charge in [0.1, 0.15) is 12.6 Å². The minimum atomic E-state index is -3.80. The van der Waals surface area contributed by atoms with Gasteiger partial charge in [0.2, 0.25) is 21.8 Å². The van der Waals surface area contributed by atoms with Crippen molar-refractivity contribution in [1.82, 2.24) is 10.2 Å². The molecule has 0 aliphatic heterocycles. The quantitative estimate of drug-likeness (QED) is 0.616. The number of para-hydroxylation sites is 1. The summed E-state index contributed by atoms with van der Waals surface area (Å²) in [6.07, 6.45) is 1.02. The van der Waals surface area contributed by atoms with Gasteiger partial charge in [-0.25, -0.2) is 8.42 Å². The molecule has 0 aliphatic carbocycles. The van der Waals surface area contributed by atoms with Crippen molar-refractivity contribution in [1.29, 1.82) is 0 Å². The molecule has 1 N–H and O–H groups in total. The minimum Gasteiger partial charge on any atom is -0.355 e.